The molecule has 6 heteroatoms. The lowest BCUT2D eigenvalue weighted by atomic mass is 9.99. The van der Waals surface area contributed by atoms with E-state index < -0.39 is 0 Å². The van der Waals surface area contributed by atoms with Crippen molar-refractivity contribution in [3.05, 3.63) is 57.3 Å². The van der Waals surface area contributed by atoms with Gasteiger partial charge < -0.3 is 10.2 Å². The number of nitrogens with one attached hydrogen (secondary N) is 1. The van der Waals surface area contributed by atoms with E-state index in [4.69, 9.17) is 0 Å². The lowest BCUT2D eigenvalue weighted by Gasteiger charge is -2.20. The number of benzene rings is 1. The zero-order chi connectivity index (χ0) is 17.8. The predicted molar refractivity (Wildman–Crippen MR) is 97.1 cm³/mol. The van der Waals surface area contributed by atoms with Crippen molar-refractivity contribution in [1.29, 1.82) is 0 Å². The fourth-order valence-electron chi connectivity index (χ4n) is 2.96. The van der Waals surface area contributed by atoms with Gasteiger partial charge in [0.15, 0.2) is 5.78 Å². The molecule has 1 aliphatic rings. The van der Waals surface area contributed by atoms with Crippen LogP contribution in [-0.4, -0.2) is 42.1 Å². The Bertz CT molecular complexity index is 799. The van der Waals surface area contributed by atoms with Crippen molar-refractivity contribution in [2.75, 3.05) is 19.6 Å². The van der Waals surface area contributed by atoms with Crippen LogP contribution in [0.3, 0.4) is 0 Å². The average Bonchev–Trinajstić information content (AvgIpc) is 3.06. The molecular formula is C19H20N2O3S. The summed E-state index contributed by atoms with van der Waals surface area (Å²) < 4.78 is 0. The van der Waals surface area contributed by atoms with Crippen molar-refractivity contribution >= 4 is 28.9 Å². The molecule has 3 rings (SSSR count). The van der Waals surface area contributed by atoms with Crippen LogP contribution in [0, 0.1) is 0 Å². The maximum Gasteiger partial charge on any atom is 0.261 e. The van der Waals surface area contributed by atoms with Crippen LogP contribution in [-0.2, 0) is 17.6 Å². The Morgan fingerprint density at radius 1 is 1.12 bits per heavy atom. The number of hydrogen-bond acceptors (Lipinski definition) is 4. The number of thiophene rings is 1. The first-order valence-corrected chi connectivity index (χ1v) is 9.15. The molecule has 0 radical (unpaired) electrons. The first-order valence-electron chi connectivity index (χ1n) is 8.27. The molecule has 0 bridgehead atoms. The van der Waals surface area contributed by atoms with E-state index in [0.717, 1.165) is 18.4 Å². The minimum Gasteiger partial charge on any atom is -0.342 e. The molecule has 0 saturated heterocycles. The summed E-state index contributed by atoms with van der Waals surface area (Å²) in [5, 5.41) is 4.51. The van der Waals surface area contributed by atoms with E-state index in [-0.39, 0.29) is 24.1 Å². The molecule has 1 aromatic heterocycles. The zero-order valence-electron chi connectivity index (χ0n) is 14.1. The minimum atomic E-state index is -0.215. The number of rotatable bonds is 4. The third kappa shape index (κ3) is 4.14. The molecule has 5 nitrogen and oxygen atoms in total. The van der Waals surface area contributed by atoms with E-state index in [2.05, 4.69) is 5.32 Å². The van der Waals surface area contributed by atoms with E-state index in [0.29, 0.717) is 23.5 Å². The molecule has 0 spiro atoms. The molecule has 0 unspecified atom stereocenters. The van der Waals surface area contributed by atoms with Crippen LogP contribution in [0.4, 0.5) is 0 Å². The smallest absolute Gasteiger partial charge is 0.261 e. The molecule has 2 aromatic rings. The lowest BCUT2D eigenvalue weighted by molar-refractivity contribution is -0.130. The first-order chi connectivity index (χ1) is 12.0. The lowest BCUT2D eigenvalue weighted by Crippen LogP contribution is -2.41. The number of carbonyl (C=O) groups is 3. The van der Waals surface area contributed by atoms with Crippen molar-refractivity contribution in [3.8, 4) is 0 Å². The van der Waals surface area contributed by atoms with Crippen molar-refractivity contribution in [1.82, 2.24) is 10.2 Å². The van der Waals surface area contributed by atoms with Gasteiger partial charge in [-0.15, -0.1) is 11.3 Å². The van der Waals surface area contributed by atoms with Gasteiger partial charge in [-0.3, -0.25) is 14.4 Å². The number of amides is 2. The molecule has 1 aromatic carbocycles. The molecule has 25 heavy (non-hydrogen) atoms. The molecule has 130 valence electrons. The maximum atomic E-state index is 12.4. The molecule has 2 amide bonds. The summed E-state index contributed by atoms with van der Waals surface area (Å²) in [5.74, 6) is -0.242. The maximum absolute atomic E-state index is 12.4. The second-order valence-corrected chi connectivity index (χ2v) is 7.03. The summed E-state index contributed by atoms with van der Waals surface area (Å²) in [7, 11) is 0. The Morgan fingerprint density at radius 2 is 1.88 bits per heavy atom. The number of hydrogen-bond donors (Lipinski definition) is 1. The number of ketones is 1. The van der Waals surface area contributed by atoms with Gasteiger partial charge in [0.25, 0.3) is 5.91 Å². The third-order valence-corrected chi connectivity index (χ3v) is 5.28. The summed E-state index contributed by atoms with van der Waals surface area (Å²) >= 11 is 1.35. The Morgan fingerprint density at radius 3 is 2.56 bits per heavy atom. The van der Waals surface area contributed by atoms with Gasteiger partial charge >= 0.3 is 0 Å². The monoisotopic (exact) mass is 356 g/mol. The number of nitrogens with zero attached hydrogens (tertiary/aromatic N) is 1. The summed E-state index contributed by atoms with van der Waals surface area (Å²) in [6.07, 6.45) is 1.49. The normalized spacial score (nSPS) is 13.7. The van der Waals surface area contributed by atoms with Crippen molar-refractivity contribution < 1.29 is 14.4 Å². The standard InChI is InChI=1S/C19H20N2O3S/c1-13(22)15-5-4-14-6-8-21(9-7-16(14)11-15)18(23)12-20-19(24)17-3-2-10-25-17/h2-5,10-11H,6-9,12H2,1H3,(H,20,24). The summed E-state index contributed by atoms with van der Waals surface area (Å²) in [6.45, 7) is 2.79. The Balaban J connectivity index is 1.58. The largest absolute Gasteiger partial charge is 0.342 e. The van der Waals surface area contributed by atoms with Crippen LogP contribution in [0.15, 0.2) is 35.7 Å². The highest BCUT2D eigenvalue weighted by Gasteiger charge is 2.20. The van der Waals surface area contributed by atoms with Gasteiger partial charge in [0.1, 0.15) is 0 Å². The quantitative estimate of drug-likeness (QED) is 0.855. The van der Waals surface area contributed by atoms with Gasteiger partial charge in [0.2, 0.25) is 5.91 Å². The molecule has 1 aliphatic heterocycles. The minimum absolute atomic E-state index is 0.00573. The zero-order valence-corrected chi connectivity index (χ0v) is 14.9. The predicted octanol–water partition coefficient (Wildman–Crippen LogP) is 2.31. The Hall–Kier alpha value is -2.47. The second kappa shape index (κ2) is 7.61. The summed E-state index contributed by atoms with van der Waals surface area (Å²) in [6, 6.07) is 9.31. The van der Waals surface area contributed by atoms with Crippen LogP contribution in [0.25, 0.3) is 0 Å². The van der Waals surface area contributed by atoms with Crippen molar-refractivity contribution in [2.45, 2.75) is 19.8 Å². The Labute approximate surface area is 150 Å². The number of fused-ring (bicyclic) bond motifs is 1. The molecule has 0 atom stereocenters. The molecule has 2 heterocycles. The third-order valence-electron chi connectivity index (χ3n) is 4.41. The van der Waals surface area contributed by atoms with Gasteiger partial charge in [-0.1, -0.05) is 18.2 Å². The van der Waals surface area contributed by atoms with Gasteiger partial charge in [-0.2, -0.15) is 0 Å². The molecule has 0 saturated carbocycles. The molecule has 0 aliphatic carbocycles. The fraction of sp³-hybridized carbons (Fsp3) is 0.316. The number of Topliss-reactive ketones (excluding diaryl/α,β-unsaturated/α-hetero) is 1. The highest BCUT2D eigenvalue weighted by Crippen LogP contribution is 2.18. The first kappa shape index (κ1) is 17.4. The van der Waals surface area contributed by atoms with Crippen LogP contribution in [0.5, 0.6) is 0 Å². The van der Waals surface area contributed by atoms with E-state index in [1.54, 1.807) is 17.9 Å². The van der Waals surface area contributed by atoms with Crippen molar-refractivity contribution in [2.24, 2.45) is 0 Å². The summed E-state index contributed by atoms with van der Waals surface area (Å²) in [5.41, 5.74) is 3.02. The van der Waals surface area contributed by atoms with E-state index in [9.17, 15) is 14.4 Å². The molecular weight excluding hydrogens is 336 g/mol. The van der Waals surface area contributed by atoms with Crippen LogP contribution < -0.4 is 5.32 Å². The van der Waals surface area contributed by atoms with Gasteiger partial charge in [-0.05, 0) is 48.4 Å². The van der Waals surface area contributed by atoms with Gasteiger partial charge in [-0.25, -0.2) is 0 Å². The second-order valence-electron chi connectivity index (χ2n) is 6.08. The Kier molecular flexibility index (Phi) is 5.28. The van der Waals surface area contributed by atoms with E-state index in [1.807, 2.05) is 29.6 Å². The van der Waals surface area contributed by atoms with Gasteiger partial charge in [0.05, 0.1) is 11.4 Å². The van der Waals surface area contributed by atoms with Crippen LogP contribution in [0.1, 0.15) is 38.1 Å². The highest BCUT2D eigenvalue weighted by atomic mass is 32.1. The molecule has 1 N–H and O–H groups in total. The van der Waals surface area contributed by atoms with E-state index in [1.165, 1.54) is 16.9 Å². The van der Waals surface area contributed by atoms with Crippen LogP contribution in [0.2, 0.25) is 0 Å². The van der Waals surface area contributed by atoms with E-state index >= 15 is 0 Å². The molecule has 0 fully saturated rings. The average molecular weight is 356 g/mol. The summed E-state index contributed by atoms with van der Waals surface area (Å²) in [4.78, 5) is 38.3. The fourth-order valence-corrected chi connectivity index (χ4v) is 3.60. The highest BCUT2D eigenvalue weighted by molar-refractivity contribution is 7.12. The van der Waals surface area contributed by atoms with Gasteiger partial charge in [0, 0.05) is 18.7 Å². The SMILES string of the molecule is CC(=O)c1ccc2c(c1)CCN(C(=O)CNC(=O)c1cccs1)CC2. The topological polar surface area (TPSA) is 66.5 Å². The van der Waals surface area contributed by atoms with Crippen LogP contribution >= 0.6 is 11.3 Å². The number of carbonyl (C=O) groups excluding carboxylic acids is 3. The van der Waals surface area contributed by atoms with Crippen molar-refractivity contribution in [3.63, 3.8) is 0 Å².